The number of benzene rings is 1. The Morgan fingerprint density at radius 1 is 1.06 bits per heavy atom. The largest absolute Gasteiger partial charge is 0.393 e. The Kier molecular flexibility index (Phi) is 2.54. The third-order valence-corrected chi connectivity index (χ3v) is 3.64. The summed E-state index contributed by atoms with van der Waals surface area (Å²) in [5.74, 6) is 0. The van der Waals surface area contributed by atoms with Gasteiger partial charge >= 0.3 is 0 Å². The Bertz CT molecular complexity index is 371. The molecule has 2 aliphatic heterocycles. The maximum atomic E-state index is 9.71. The third-order valence-electron chi connectivity index (χ3n) is 3.64. The molecule has 1 N–H and O–H groups in total. The van der Waals surface area contributed by atoms with Crippen molar-refractivity contribution in [3.05, 3.63) is 48.0 Å². The summed E-state index contributed by atoms with van der Waals surface area (Å²) in [5.41, 5.74) is 1.36. The Morgan fingerprint density at radius 3 is 2.31 bits per heavy atom. The first-order valence-corrected chi connectivity index (χ1v) is 5.99. The number of piperidine rings is 1. The SMILES string of the molecule is OC1CC2C=CC(C1)N2Cc1ccccc1. The van der Waals surface area contributed by atoms with Gasteiger partial charge in [-0.3, -0.25) is 4.90 Å². The van der Waals surface area contributed by atoms with E-state index in [0.29, 0.717) is 12.1 Å². The molecule has 0 amide bonds. The second-order valence-electron chi connectivity index (χ2n) is 4.80. The molecule has 84 valence electrons. The smallest absolute Gasteiger partial charge is 0.0576 e. The molecule has 3 rings (SSSR count). The summed E-state index contributed by atoms with van der Waals surface area (Å²) in [4.78, 5) is 2.49. The first kappa shape index (κ1) is 10.1. The molecule has 1 aromatic carbocycles. The van der Waals surface area contributed by atoms with Crippen LogP contribution in [0.15, 0.2) is 42.5 Å². The number of aliphatic hydroxyl groups excluding tert-OH is 1. The molecule has 2 nitrogen and oxygen atoms in total. The van der Waals surface area contributed by atoms with Gasteiger partial charge in [-0.25, -0.2) is 0 Å². The van der Waals surface area contributed by atoms with Crippen molar-refractivity contribution in [1.82, 2.24) is 4.90 Å². The van der Waals surface area contributed by atoms with Crippen LogP contribution in [-0.4, -0.2) is 28.2 Å². The minimum Gasteiger partial charge on any atom is -0.393 e. The average molecular weight is 215 g/mol. The molecule has 1 fully saturated rings. The maximum Gasteiger partial charge on any atom is 0.0576 e. The highest BCUT2D eigenvalue weighted by Gasteiger charge is 2.35. The van der Waals surface area contributed by atoms with E-state index in [2.05, 4.69) is 47.4 Å². The lowest BCUT2D eigenvalue weighted by Gasteiger charge is -2.37. The summed E-state index contributed by atoms with van der Waals surface area (Å²) >= 11 is 0. The fourth-order valence-electron chi connectivity index (χ4n) is 2.83. The van der Waals surface area contributed by atoms with E-state index >= 15 is 0 Å². The van der Waals surface area contributed by atoms with Crippen molar-refractivity contribution >= 4 is 0 Å². The van der Waals surface area contributed by atoms with Gasteiger partial charge in [0.25, 0.3) is 0 Å². The van der Waals surface area contributed by atoms with E-state index in [1.807, 2.05) is 0 Å². The molecule has 2 bridgehead atoms. The van der Waals surface area contributed by atoms with Gasteiger partial charge in [0, 0.05) is 18.6 Å². The van der Waals surface area contributed by atoms with E-state index < -0.39 is 0 Å². The van der Waals surface area contributed by atoms with E-state index in [1.54, 1.807) is 0 Å². The van der Waals surface area contributed by atoms with Crippen molar-refractivity contribution in [2.45, 2.75) is 37.6 Å². The normalized spacial score (nSPS) is 33.2. The first-order valence-electron chi connectivity index (χ1n) is 5.99. The Balaban J connectivity index is 1.74. The van der Waals surface area contributed by atoms with Crippen LogP contribution in [-0.2, 0) is 6.54 Å². The molecule has 0 radical (unpaired) electrons. The average Bonchev–Trinajstić information content (AvgIpc) is 2.54. The monoisotopic (exact) mass is 215 g/mol. The Morgan fingerprint density at radius 2 is 1.69 bits per heavy atom. The standard InChI is InChI=1S/C14H17NO/c16-14-8-12-6-7-13(9-14)15(12)10-11-4-2-1-3-5-11/h1-7,12-14,16H,8-10H2. The van der Waals surface area contributed by atoms with Crippen molar-refractivity contribution < 1.29 is 5.11 Å². The van der Waals surface area contributed by atoms with Gasteiger partial charge in [-0.1, -0.05) is 42.5 Å². The van der Waals surface area contributed by atoms with Gasteiger partial charge in [0.1, 0.15) is 0 Å². The molecule has 2 aliphatic rings. The molecule has 0 spiro atoms. The van der Waals surface area contributed by atoms with Gasteiger partial charge in [-0.15, -0.1) is 0 Å². The van der Waals surface area contributed by atoms with Crippen LogP contribution < -0.4 is 0 Å². The van der Waals surface area contributed by atoms with E-state index in [-0.39, 0.29) is 6.10 Å². The van der Waals surface area contributed by atoms with Crippen molar-refractivity contribution in [2.75, 3.05) is 0 Å². The molecular formula is C14H17NO. The predicted octanol–water partition coefficient (Wildman–Crippen LogP) is 1.95. The van der Waals surface area contributed by atoms with Crippen molar-refractivity contribution in [2.24, 2.45) is 0 Å². The number of hydrogen-bond acceptors (Lipinski definition) is 2. The summed E-state index contributed by atoms with van der Waals surface area (Å²) in [6, 6.07) is 11.4. The molecule has 0 aromatic heterocycles. The van der Waals surface area contributed by atoms with Crippen LogP contribution in [0, 0.1) is 0 Å². The van der Waals surface area contributed by atoms with E-state index in [1.165, 1.54) is 5.56 Å². The zero-order valence-electron chi connectivity index (χ0n) is 9.29. The number of nitrogens with zero attached hydrogens (tertiary/aromatic N) is 1. The lowest BCUT2D eigenvalue weighted by molar-refractivity contribution is 0.0398. The van der Waals surface area contributed by atoms with E-state index in [4.69, 9.17) is 0 Å². The zero-order chi connectivity index (χ0) is 11.0. The van der Waals surface area contributed by atoms with Gasteiger partial charge in [0.05, 0.1) is 6.10 Å². The van der Waals surface area contributed by atoms with E-state index in [0.717, 1.165) is 19.4 Å². The summed E-state index contributed by atoms with van der Waals surface area (Å²) in [5, 5.41) is 9.71. The lowest BCUT2D eigenvalue weighted by Crippen LogP contribution is -2.44. The van der Waals surface area contributed by atoms with Crippen LogP contribution in [0.25, 0.3) is 0 Å². The second-order valence-corrected chi connectivity index (χ2v) is 4.80. The van der Waals surface area contributed by atoms with Gasteiger partial charge < -0.3 is 5.11 Å². The number of aliphatic hydroxyl groups is 1. The highest BCUT2D eigenvalue weighted by atomic mass is 16.3. The van der Waals surface area contributed by atoms with Gasteiger partial charge in [0.2, 0.25) is 0 Å². The van der Waals surface area contributed by atoms with Crippen LogP contribution >= 0.6 is 0 Å². The Hall–Kier alpha value is -1.12. The van der Waals surface area contributed by atoms with Gasteiger partial charge in [-0.2, -0.15) is 0 Å². The fraction of sp³-hybridized carbons (Fsp3) is 0.429. The maximum absolute atomic E-state index is 9.71. The first-order chi connectivity index (χ1) is 7.83. The molecule has 2 atom stereocenters. The molecule has 0 saturated carbocycles. The van der Waals surface area contributed by atoms with Crippen molar-refractivity contribution in [3.63, 3.8) is 0 Å². The minimum atomic E-state index is -0.114. The highest BCUT2D eigenvalue weighted by Crippen LogP contribution is 2.31. The van der Waals surface area contributed by atoms with Crippen LogP contribution in [0.5, 0.6) is 0 Å². The van der Waals surface area contributed by atoms with Gasteiger partial charge in [-0.05, 0) is 18.4 Å². The summed E-state index contributed by atoms with van der Waals surface area (Å²) in [6.07, 6.45) is 6.17. The molecule has 1 aromatic rings. The van der Waals surface area contributed by atoms with Crippen LogP contribution in [0.2, 0.25) is 0 Å². The number of rotatable bonds is 2. The van der Waals surface area contributed by atoms with Gasteiger partial charge in [0.15, 0.2) is 0 Å². The highest BCUT2D eigenvalue weighted by molar-refractivity contribution is 5.19. The predicted molar refractivity (Wildman–Crippen MR) is 63.9 cm³/mol. The van der Waals surface area contributed by atoms with E-state index in [9.17, 15) is 5.11 Å². The van der Waals surface area contributed by atoms with Crippen LogP contribution in [0.4, 0.5) is 0 Å². The van der Waals surface area contributed by atoms with Crippen molar-refractivity contribution in [3.8, 4) is 0 Å². The molecule has 1 saturated heterocycles. The molecule has 2 unspecified atom stereocenters. The topological polar surface area (TPSA) is 23.5 Å². The fourth-order valence-corrected chi connectivity index (χ4v) is 2.83. The molecular weight excluding hydrogens is 198 g/mol. The van der Waals surface area contributed by atoms with Crippen LogP contribution in [0.3, 0.4) is 0 Å². The molecule has 0 aliphatic carbocycles. The second kappa shape index (κ2) is 4.04. The van der Waals surface area contributed by atoms with Crippen LogP contribution in [0.1, 0.15) is 18.4 Å². The zero-order valence-corrected chi connectivity index (χ0v) is 9.29. The third kappa shape index (κ3) is 1.79. The molecule has 16 heavy (non-hydrogen) atoms. The minimum absolute atomic E-state index is 0.114. The summed E-state index contributed by atoms with van der Waals surface area (Å²) in [6.45, 7) is 0.996. The van der Waals surface area contributed by atoms with Crippen molar-refractivity contribution in [1.29, 1.82) is 0 Å². The summed E-state index contributed by atoms with van der Waals surface area (Å²) < 4.78 is 0. The molecule has 2 heteroatoms. The lowest BCUT2D eigenvalue weighted by atomic mass is 9.98. The molecule has 2 heterocycles. The quantitative estimate of drug-likeness (QED) is 0.762. The summed E-state index contributed by atoms with van der Waals surface area (Å²) in [7, 11) is 0. The number of fused-ring (bicyclic) bond motifs is 2. The number of hydrogen-bond donors (Lipinski definition) is 1. The Labute approximate surface area is 96.2 Å².